The molecule has 0 bridgehead atoms. The molecule has 0 fully saturated rings. The number of unbranched alkanes of at least 4 members (excludes halogenated alkanes) is 2. The molecule has 0 saturated carbocycles. The average molecular weight is 134 g/mol. The minimum atomic E-state index is 0. The molecule has 0 heterocycles. The molecule has 0 aliphatic heterocycles. The predicted octanol–water partition coefficient (Wildman–Crippen LogP) is 2.79. The topological polar surface area (TPSA) is 31.5 Å². The minimum absolute atomic E-state index is 0. The van der Waals surface area contributed by atoms with E-state index < -0.39 is 0 Å². The van der Waals surface area contributed by atoms with Crippen molar-refractivity contribution in [2.75, 3.05) is 0 Å². The van der Waals surface area contributed by atoms with Crippen molar-refractivity contribution in [2.24, 2.45) is 0 Å². The fourth-order valence-corrected chi connectivity index (χ4v) is 0. The van der Waals surface area contributed by atoms with Gasteiger partial charge < -0.3 is 5.48 Å². The van der Waals surface area contributed by atoms with E-state index in [1.165, 1.54) is 25.7 Å². The average Bonchev–Trinajstić information content (AvgIpc) is 1.88. The molecule has 0 rings (SSSR count). The lowest BCUT2D eigenvalue weighted by Crippen LogP contribution is -1.47. The van der Waals surface area contributed by atoms with Gasteiger partial charge in [-0.25, -0.2) is 0 Å². The van der Waals surface area contributed by atoms with Gasteiger partial charge in [-0.1, -0.05) is 53.4 Å². The molecule has 0 aromatic rings. The zero-order chi connectivity index (χ0) is 6.83. The highest BCUT2D eigenvalue weighted by atomic mass is 16.0. The number of hydrogen-bond donors (Lipinski definition) is 0. The van der Waals surface area contributed by atoms with E-state index in [1.807, 2.05) is 0 Å². The third-order valence-corrected chi connectivity index (χ3v) is 1.000. The van der Waals surface area contributed by atoms with Gasteiger partial charge in [0.25, 0.3) is 0 Å². The summed E-state index contributed by atoms with van der Waals surface area (Å²) in [5, 5.41) is 0. The van der Waals surface area contributed by atoms with Crippen LogP contribution in [0.4, 0.5) is 0 Å². The Balaban J connectivity index is -0.0000000720. The van der Waals surface area contributed by atoms with Crippen LogP contribution in [0.1, 0.15) is 53.4 Å². The summed E-state index contributed by atoms with van der Waals surface area (Å²) < 4.78 is 0. The molecule has 0 aliphatic carbocycles. The van der Waals surface area contributed by atoms with E-state index in [1.54, 1.807) is 0 Å². The molecule has 60 valence electrons. The van der Waals surface area contributed by atoms with Crippen LogP contribution in [0.15, 0.2) is 0 Å². The van der Waals surface area contributed by atoms with E-state index in [0.29, 0.717) is 0 Å². The van der Waals surface area contributed by atoms with Crippen LogP contribution in [-0.4, -0.2) is 5.48 Å². The van der Waals surface area contributed by atoms with E-state index >= 15 is 0 Å². The zero-order valence-electron chi connectivity index (χ0n) is 7.33. The Hall–Kier alpha value is -0.0400. The van der Waals surface area contributed by atoms with Gasteiger partial charge in [0.2, 0.25) is 0 Å². The zero-order valence-corrected chi connectivity index (χ0v) is 7.33. The van der Waals surface area contributed by atoms with E-state index in [9.17, 15) is 0 Å². The van der Waals surface area contributed by atoms with Crippen molar-refractivity contribution < 1.29 is 5.48 Å². The molecule has 1 nitrogen and oxygen atoms in total. The predicted molar refractivity (Wildman–Crippen MR) is 44.8 cm³/mol. The molecule has 0 aromatic carbocycles. The molecule has 1 heteroatoms. The van der Waals surface area contributed by atoms with Crippen LogP contribution < -0.4 is 0 Å². The summed E-state index contributed by atoms with van der Waals surface area (Å²) in [4.78, 5) is 0. The molecule has 0 radical (unpaired) electrons. The van der Waals surface area contributed by atoms with Crippen LogP contribution in [0.25, 0.3) is 0 Å². The molecule has 0 amide bonds. The lowest BCUT2D eigenvalue weighted by molar-refractivity contribution is 0.824. The Morgan fingerprint density at radius 1 is 0.556 bits per heavy atom. The third kappa shape index (κ3) is 73.6. The van der Waals surface area contributed by atoms with Crippen molar-refractivity contribution in [1.82, 2.24) is 0 Å². The van der Waals surface area contributed by atoms with Crippen molar-refractivity contribution in [1.29, 1.82) is 0 Å². The van der Waals surface area contributed by atoms with E-state index in [-0.39, 0.29) is 5.48 Å². The molecule has 0 unspecified atom stereocenters. The summed E-state index contributed by atoms with van der Waals surface area (Å²) in [7, 11) is 0. The van der Waals surface area contributed by atoms with Crippen LogP contribution in [0.5, 0.6) is 0 Å². The molecule has 0 aliphatic rings. The van der Waals surface area contributed by atoms with Gasteiger partial charge in [-0.15, -0.1) is 0 Å². The molecule has 0 atom stereocenters. The van der Waals surface area contributed by atoms with E-state index in [4.69, 9.17) is 0 Å². The van der Waals surface area contributed by atoms with Crippen molar-refractivity contribution in [3.8, 4) is 0 Å². The second kappa shape index (κ2) is 24.6. The fourth-order valence-electron chi connectivity index (χ4n) is 0. The number of rotatable bonds is 2. The number of hydrogen-bond acceptors (Lipinski definition) is 0. The van der Waals surface area contributed by atoms with E-state index in [0.717, 1.165) is 0 Å². The van der Waals surface area contributed by atoms with Crippen LogP contribution in [0.3, 0.4) is 0 Å². The molecular formula is C8H22O. The minimum Gasteiger partial charge on any atom is -0.412 e. The highest BCUT2D eigenvalue weighted by Crippen LogP contribution is 1.77. The summed E-state index contributed by atoms with van der Waals surface area (Å²) in [5.74, 6) is 0. The maximum absolute atomic E-state index is 2.18. The van der Waals surface area contributed by atoms with Gasteiger partial charge in [-0.2, -0.15) is 0 Å². The molecule has 0 aromatic heterocycles. The lowest BCUT2D eigenvalue weighted by Gasteiger charge is -1.68. The Kier molecular flexibility index (Phi) is 43.7. The van der Waals surface area contributed by atoms with Crippen LogP contribution >= 0.6 is 0 Å². The van der Waals surface area contributed by atoms with Crippen LogP contribution in [-0.2, 0) is 0 Å². The summed E-state index contributed by atoms with van der Waals surface area (Å²) in [5.41, 5.74) is 0. The standard InChI is InChI=1S/2C4H10.H2O/c2*1-3-4-2;/h2*3-4H2,1-2H3;1H2. The Morgan fingerprint density at radius 3 is 0.667 bits per heavy atom. The van der Waals surface area contributed by atoms with Gasteiger partial charge in [0.05, 0.1) is 0 Å². The SMILES string of the molecule is CCCC.CCCC.O. The second-order valence-electron chi connectivity index (χ2n) is 2.00. The van der Waals surface area contributed by atoms with Crippen LogP contribution in [0, 0.1) is 0 Å². The second-order valence-corrected chi connectivity index (χ2v) is 2.00. The fraction of sp³-hybridized carbons (Fsp3) is 1.00. The first kappa shape index (κ1) is 16.0. The van der Waals surface area contributed by atoms with Gasteiger partial charge >= 0.3 is 0 Å². The summed E-state index contributed by atoms with van der Waals surface area (Å²) in [6.07, 6.45) is 5.28. The van der Waals surface area contributed by atoms with Gasteiger partial charge in [-0.3, -0.25) is 0 Å². The van der Waals surface area contributed by atoms with Crippen molar-refractivity contribution in [2.45, 2.75) is 53.4 Å². The largest absolute Gasteiger partial charge is 0.412 e. The van der Waals surface area contributed by atoms with Gasteiger partial charge in [-0.05, 0) is 0 Å². The van der Waals surface area contributed by atoms with Crippen molar-refractivity contribution in [3.63, 3.8) is 0 Å². The van der Waals surface area contributed by atoms with Gasteiger partial charge in [0, 0.05) is 0 Å². The van der Waals surface area contributed by atoms with Gasteiger partial charge in [0.1, 0.15) is 0 Å². The highest BCUT2D eigenvalue weighted by Gasteiger charge is 1.56. The van der Waals surface area contributed by atoms with Crippen molar-refractivity contribution in [3.05, 3.63) is 0 Å². The monoisotopic (exact) mass is 134 g/mol. The first-order chi connectivity index (χ1) is 3.83. The first-order valence-corrected chi connectivity index (χ1v) is 3.83. The maximum Gasteiger partial charge on any atom is -0.0564 e. The summed E-state index contributed by atoms with van der Waals surface area (Å²) in [6.45, 7) is 8.72. The smallest absolute Gasteiger partial charge is 0.0564 e. The third-order valence-electron chi connectivity index (χ3n) is 1.000. The summed E-state index contributed by atoms with van der Waals surface area (Å²) in [6, 6.07) is 0. The van der Waals surface area contributed by atoms with Gasteiger partial charge in [0.15, 0.2) is 0 Å². The first-order valence-electron chi connectivity index (χ1n) is 3.83. The summed E-state index contributed by atoms with van der Waals surface area (Å²) >= 11 is 0. The Labute approximate surface area is 59.8 Å². The van der Waals surface area contributed by atoms with E-state index in [2.05, 4.69) is 27.7 Å². The quantitative estimate of drug-likeness (QED) is 0.556. The Morgan fingerprint density at radius 2 is 0.667 bits per heavy atom. The molecular weight excluding hydrogens is 112 g/mol. The molecule has 2 N–H and O–H groups in total. The van der Waals surface area contributed by atoms with Crippen molar-refractivity contribution >= 4 is 0 Å². The van der Waals surface area contributed by atoms with Crippen LogP contribution in [0.2, 0.25) is 0 Å². The Bertz CT molecular complexity index is 12.5. The maximum atomic E-state index is 2.18. The molecule has 0 saturated heterocycles. The molecule has 0 spiro atoms. The highest BCUT2D eigenvalue weighted by molar-refractivity contribution is 4.13. The normalized spacial score (nSPS) is 6.67. The lowest BCUT2D eigenvalue weighted by atomic mass is 10.4. The molecule has 9 heavy (non-hydrogen) atoms.